The zero-order chi connectivity index (χ0) is 13.5. The lowest BCUT2D eigenvalue weighted by Crippen LogP contribution is -2.42. The molecule has 2 rings (SSSR count). The Bertz CT molecular complexity index is 425. The van der Waals surface area contributed by atoms with Gasteiger partial charge in [0.15, 0.2) is 0 Å². The first kappa shape index (κ1) is 13.2. The summed E-state index contributed by atoms with van der Waals surface area (Å²) in [6.45, 7) is 4.17. The van der Waals surface area contributed by atoms with Crippen LogP contribution in [0.3, 0.4) is 0 Å². The number of hydrogen-bond donors (Lipinski definition) is 0. The third kappa shape index (κ3) is 1.77. The van der Waals surface area contributed by atoms with E-state index in [9.17, 15) is 9.59 Å². The van der Waals surface area contributed by atoms with Crippen LogP contribution in [0, 0.1) is 11.8 Å². The van der Waals surface area contributed by atoms with E-state index >= 15 is 0 Å². The number of rotatable bonds is 2. The summed E-state index contributed by atoms with van der Waals surface area (Å²) in [6, 6.07) is 0. The van der Waals surface area contributed by atoms with Gasteiger partial charge in [0.2, 0.25) is 0 Å². The summed E-state index contributed by atoms with van der Waals surface area (Å²) in [5.74, 6) is -1.89. The van der Waals surface area contributed by atoms with Gasteiger partial charge in [-0.25, -0.2) is 0 Å². The lowest BCUT2D eigenvalue weighted by molar-refractivity contribution is -0.156. The van der Waals surface area contributed by atoms with E-state index in [1.165, 1.54) is 26.0 Å². The molecule has 100 valence electrons. The van der Waals surface area contributed by atoms with Crippen molar-refractivity contribution in [1.82, 2.24) is 5.01 Å². The fourth-order valence-electron chi connectivity index (χ4n) is 2.62. The summed E-state index contributed by atoms with van der Waals surface area (Å²) in [5.41, 5.74) is 0. The molecule has 0 aromatic carbocycles. The van der Waals surface area contributed by atoms with Gasteiger partial charge >= 0.3 is 11.9 Å². The number of ether oxygens (including phenoxy) is 2. The molecular weight excluding hydrogens is 256 g/mol. The highest BCUT2D eigenvalue weighted by molar-refractivity contribution is 8.15. The normalized spacial score (nSPS) is 34.0. The van der Waals surface area contributed by atoms with E-state index in [0.29, 0.717) is 6.54 Å². The van der Waals surface area contributed by atoms with Gasteiger partial charge in [-0.2, -0.15) is 5.10 Å². The second-order valence-corrected chi connectivity index (χ2v) is 6.11. The highest BCUT2D eigenvalue weighted by Gasteiger charge is 2.60. The van der Waals surface area contributed by atoms with Crippen molar-refractivity contribution in [2.45, 2.75) is 18.7 Å². The van der Waals surface area contributed by atoms with Gasteiger partial charge in [0.1, 0.15) is 10.8 Å². The van der Waals surface area contributed by atoms with Crippen molar-refractivity contribution < 1.29 is 19.1 Å². The molecule has 0 bridgehead atoms. The van der Waals surface area contributed by atoms with Gasteiger partial charge in [-0.3, -0.25) is 14.6 Å². The number of esters is 2. The number of hydrazone groups is 1. The summed E-state index contributed by atoms with van der Waals surface area (Å²) in [4.78, 5) is 23.2. The summed E-state index contributed by atoms with van der Waals surface area (Å²) >= 11 is 1.49. The maximum Gasteiger partial charge on any atom is 0.312 e. The van der Waals surface area contributed by atoms with Crippen LogP contribution in [0.2, 0.25) is 0 Å². The lowest BCUT2D eigenvalue weighted by atomic mass is 9.91. The maximum atomic E-state index is 12.0. The molecule has 6 nitrogen and oxygen atoms in total. The molecule has 3 atom stereocenters. The zero-order valence-electron chi connectivity index (χ0n) is 10.8. The van der Waals surface area contributed by atoms with Crippen LogP contribution in [0.25, 0.3) is 0 Å². The largest absolute Gasteiger partial charge is 0.469 e. The molecule has 0 aromatic heterocycles. The molecular formula is C11H16N2O4S. The number of nitrogens with zero attached hydrogens (tertiary/aromatic N) is 2. The molecule has 2 aliphatic heterocycles. The van der Waals surface area contributed by atoms with Crippen molar-refractivity contribution in [3.05, 3.63) is 0 Å². The van der Waals surface area contributed by atoms with E-state index in [2.05, 4.69) is 5.10 Å². The van der Waals surface area contributed by atoms with Crippen LogP contribution in [0.15, 0.2) is 5.10 Å². The van der Waals surface area contributed by atoms with Gasteiger partial charge in [-0.1, -0.05) is 11.8 Å². The topological polar surface area (TPSA) is 68.2 Å². The van der Waals surface area contributed by atoms with E-state index in [0.717, 1.165) is 5.04 Å². The Balaban J connectivity index is 2.35. The molecule has 1 fully saturated rings. The molecule has 0 unspecified atom stereocenters. The molecule has 1 saturated heterocycles. The highest BCUT2D eigenvalue weighted by Crippen LogP contribution is 2.51. The van der Waals surface area contributed by atoms with E-state index in [1.807, 2.05) is 13.8 Å². The fraction of sp³-hybridized carbons (Fsp3) is 0.727. The number of methoxy groups -OCH3 is 2. The summed E-state index contributed by atoms with van der Waals surface area (Å²) in [6.07, 6.45) is 0. The number of thioether (sulfide) groups is 1. The van der Waals surface area contributed by atoms with Crippen molar-refractivity contribution in [2.75, 3.05) is 20.8 Å². The lowest BCUT2D eigenvalue weighted by Gasteiger charge is -2.30. The van der Waals surface area contributed by atoms with E-state index < -0.39 is 28.6 Å². The predicted molar refractivity (Wildman–Crippen MR) is 66.8 cm³/mol. The van der Waals surface area contributed by atoms with Crippen LogP contribution in [-0.4, -0.2) is 47.6 Å². The SMILES string of the molecule is COC(=O)[C@@H]1CN2N=C(C)S[C@@]2(C)[C@H]1C(=O)OC. The van der Waals surface area contributed by atoms with Crippen LogP contribution < -0.4 is 0 Å². The molecule has 7 heteroatoms. The molecule has 18 heavy (non-hydrogen) atoms. The highest BCUT2D eigenvalue weighted by atomic mass is 32.2. The molecule has 0 amide bonds. The van der Waals surface area contributed by atoms with Gasteiger partial charge in [0.25, 0.3) is 0 Å². The van der Waals surface area contributed by atoms with Gasteiger partial charge in [0.05, 0.1) is 31.7 Å². The standard InChI is InChI=1S/C11H16N2O4S/c1-6-12-13-5-7(9(14)16-3)8(10(15)17-4)11(13,2)18-6/h7-8H,5H2,1-4H3/t7-,8-,11+/m1/s1. The third-order valence-electron chi connectivity index (χ3n) is 3.44. The van der Waals surface area contributed by atoms with E-state index in [4.69, 9.17) is 9.47 Å². The second kappa shape index (κ2) is 4.46. The number of carbonyl (C=O) groups excluding carboxylic acids is 2. The Kier molecular flexibility index (Phi) is 3.27. The molecule has 2 aliphatic rings. The minimum absolute atomic E-state index is 0.382. The first-order valence-electron chi connectivity index (χ1n) is 5.61. The smallest absolute Gasteiger partial charge is 0.312 e. The quantitative estimate of drug-likeness (QED) is 0.688. The van der Waals surface area contributed by atoms with Gasteiger partial charge in [-0.05, 0) is 13.8 Å². The Hall–Kier alpha value is -1.24. The minimum Gasteiger partial charge on any atom is -0.469 e. The fourth-order valence-corrected chi connectivity index (χ4v) is 3.97. The number of fused-ring (bicyclic) bond motifs is 1. The second-order valence-electron chi connectivity index (χ2n) is 4.49. The van der Waals surface area contributed by atoms with Crippen LogP contribution in [0.1, 0.15) is 13.8 Å². The van der Waals surface area contributed by atoms with Crippen molar-refractivity contribution in [1.29, 1.82) is 0 Å². The first-order chi connectivity index (χ1) is 8.43. The van der Waals surface area contributed by atoms with Crippen molar-refractivity contribution in [3.63, 3.8) is 0 Å². The molecule has 0 aliphatic carbocycles. The van der Waals surface area contributed by atoms with Crippen molar-refractivity contribution in [2.24, 2.45) is 16.9 Å². The number of hydrogen-bond acceptors (Lipinski definition) is 7. The monoisotopic (exact) mass is 272 g/mol. The van der Waals surface area contributed by atoms with Gasteiger partial charge in [0, 0.05) is 0 Å². The first-order valence-corrected chi connectivity index (χ1v) is 6.43. The predicted octanol–water partition coefficient (Wildman–Crippen LogP) is 0.677. The van der Waals surface area contributed by atoms with Crippen molar-refractivity contribution in [3.8, 4) is 0 Å². The minimum atomic E-state index is -0.568. The Morgan fingerprint density at radius 3 is 2.56 bits per heavy atom. The van der Waals surface area contributed by atoms with Crippen molar-refractivity contribution >= 4 is 28.7 Å². The molecule has 0 radical (unpaired) electrons. The summed E-state index contributed by atoms with van der Waals surface area (Å²) in [7, 11) is 2.65. The average Bonchev–Trinajstić information content (AvgIpc) is 2.75. The average molecular weight is 272 g/mol. The summed E-state index contributed by atoms with van der Waals surface area (Å²) < 4.78 is 9.60. The third-order valence-corrected chi connectivity index (χ3v) is 4.69. The molecule has 2 heterocycles. The maximum absolute atomic E-state index is 12.0. The van der Waals surface area contributed by atoms with Crippen LogP contribution in [0.5, 0.6) is 0 Å². The zero-order valence-corrected chi connectivity index (χ0v) is 11.6. The van der Waals surface area contributed by atoms with Gasteiger partial charge in [-0.15, -0.1) is 0 Å². The van der Waals surface area contributed by atoms with Gasteiger partial charge < -0.3 is 9.47 Å². The number of carbonyl (C=O) groups is 2. The Morgan fingerprint density at radius 1 is 1.39 bits per heavy atom. The van der Waals surface area contributed by atoms with Crippen LogP contribution in [-0.2, 0) is 19.1 Å². The molecule has 0 saturated carbocycles. The summed E-state index contributed by atoms with van der Waals surface area (Å²) in [5, 5.41) is 7.03. The van der Waals surface area contributed by atoms with E-state index in [-0.39, 0.29) is 0 Å². The van der Waals surface area contributed by atoms with Crippen LogP contribution in [0.4, 0.5) is 0 Å². The molecule has 0 spiro atoms. The molecule has 0 N–H and O–H groups in total. The van der Waals surface area contributed by atoms with Crippen LogP contribution >= 0.6 is 11.8 Å². The Labute approximate surface area is 110 Å². The Morgan fingerprint density at radius 2 is 2.00 bits per heavy atom. The molecule has 0 aromatic rings. The van der Waals surface area contributed by atoms with E-state index in [1.54, 1.807) is 5.01 Å².